The van der Waals surface area contributed by atoms with Gasteiger partial charge in [-0.05, 0) is 18.1 Å². The summed E-state index contributed by atoms with van der Waals surface area (Å²) in [6.07, 6.45) is 2.28. The maximum Gasteiger partial charge on any atom is 0.223 e. The second-order valence-electron chi connectivity index (χ2n) is 4.79. The number of carbonyl (C=O) groups is 1. The lowest BCUT2D eigenvalue weighted by molar-refractivity contribution is -0.128. The number of aliphatic hydroxyl groups excluding tert-OH is 1. The maximum absolute atomic E-state index is 11.8. The largest absolute Gasteiger partial charge is 0.395 e. The first-order valence-electron chi connectivity index (χ1n) is 6.69. The Balaban J connectivity index is 1.94. The Morgan fingerprint density at radius 1 is 1.53 bits per heavy atom. The van der Waals surface area contributed by atoms with Gasteiger partial charge in [0.25, 0.3) is 0 Å². The van der Waals surface area contributed by atoms with Crippen LogP contribution in [-0.4, -0.2) is 29.1 Å². The van der Waals surface area contributed by atoms with Crippen LogP contribution in [0.15, 0.2) is 12.1 Å². The van der Waals surface area contributed by atoms with Gasteiger partial charge in [-0.15, -0.1) is 11.3 Å². The molecule has 1 aromatic heterocycles. The van der Waals surface area contributed by atoms with E-state index in [0.29, 0.717) is 25.3 Å². The predicted octanol–water partition coefficient (Wildman–Crippen LogP) is 2.24. The molecule has 0 radical (unpaired) electrons. The average Bonchev–Trinajstić information content (AvgIpc) is 2.98. The van der Waals surface area contributed by atoms with Crippen LogP contribution in [0.5, 0.6) is 0 Å². The molecule has 1 fully saturated rings. The molecule has 0 aliphatic carbocycles. The van der Waals surface area contributed by atoms with Gasteiger partial charge in [-0.1, -0.05) is 25.2 Å². The van der Waals surface area contributed by atoms with E-state index in [9.17, 15) is 4.79 Å². The van der Waals surface area contributed by atoms with Crippen LogP contribution in [0.3, 0.4) is 0 Å². The molecule has 0 spiro atoms. The molecule has 102 valence electrons. The van der Waals surface area contributed by atoms with Crippen molar-refractivity contribution in [3.63, 3.8) is 0 Å². The van der Waals surface area contributed by atoms with Gasteiger partial charge >= 0.3 is 0 Å². The van der Waals surface area contributed by atoms with Gasteiger partial charge in [0.15, 0.2) is 0 Å². The molecule has 0 aromatic carbocycles. The van der Waals surface area contributed by atoms with Crippen molar-refractivity contribution in [2.24, 2.45) is 5.92 Å². The fourth-order valence-electron chi connectivity index (χ4n) is 2.20. The lowest BCUT2D eigenvalue weighted by Crippen LogP contribution is -2.23. The minimum absolute atomic E-state index is 0.103. The second-order valence-corrected chi connectivity index (χ2v) is 5.96. The summed E-state index contributed by atoms with van der Waals surface area (Å²) in [5, 5.41) is 8.67. The molecule has 1 saturated heterocycles. The summed E-state index contributed by atoms with van der Waals surface area (Å²) in [6.45, 7) is 3.84. The van der Waals surface area contributed by atoms with Crippen molar-refractivity contribution in [3.05, 3.63) is 21.9 Å². The molecular weight excluding hydrogens is 258 g/mol. The number of thiophene rings is 1. The predicted molar refractivity (Wildman–Crippen MR) is 76.7 cm³/mol. The van der Waals surface area contributed by atoms with Crippen LogP contribution >= 0.6 is 11.3 Å². The van der Waals surface area contributed by atoms with Gasteiger partial charge in [-0.25, -0.2) is 0 Å². The Morgan fingerprint density at radius 2 is 2.37 bits per heavy atom. The highest BCUT2D eigenvalue weighted by atomic mass is 32.1. The number of amides is 1. The zero-order valence-corrected chi connectivity index (χ0v) is 12.0. The summed E-state index contributed by atoms with van der Waals surface area (Å²) in [6, 6.07) is 4.03. The van der Waals surface area contributed by atoms with E-state index < -0.39 is 0 Å². The third-order valence-electron chi connectivity index (χ3n) is 3.33. The van der Waals surface area contributed by atoms with E-state index in [-0.39, 0.29) is 12.5 Å². The van der Waals surface area contributed by atoms with Crippen molar-refractivity contribution in [1.29, 1.82) is 0 Å². The molecule has 1 amide bonds. The molecule has 0 saturated carbocycles. The van der Waals surface area contributed by atoms with Gasteiger partial charge in [0.2, 0.25) is 5.91 Å². The van der Waals surface area contributed by atoms with Crippen LogP contribution in [0.25, 0.3) is 0 Å². The normalized spacial score (nSPS) is 18.5. The van der Waals surface area contributed by atoms with Gasteiger partial charge < -0.3 is 10.0 Å². The van der Waals surface area contributed by atoms with Crippen LogP contribution < -0.4 is 0 Å². The van der Waals surface area contributed by atoms with Crippen molar-refractivity contribution in [2.75, 3.05) is 13.2 Å². The minimum atomic E-state index is 0.103. The van der Waals surface area contributed by atoms with Crippen molar-refractivity contribution in [3.8, 4) is 11.8 Å². The smallest absolute Gasteiger partial charge is 0.223 e. The Bertz CT molecular complexity index is 498. The number of hydrogen-bond donors (Lipinski definition) is 1. The topological polar surface area (TPSA) is 40.5 Å². The summed E-state index contributed by atoms with van der Waals surface area (Å²) in [5.41, 5.74) is 0. The van der Waals surface area contributed by atoms with Crippen LogP contribution in [0.2, 0.25) is 0 Å². The Kier molecular flexibility index (Phi) is 5.00. The highest BCUT2D eigenvalue weighted by Crippen LogP contribution is 2.24. The van der Waals surface area contributed by atoms with Gasteiger partial charge in [-0.2, -0.15) is 0 Å². The number of hydrogen-bond acceptors (Lipinski definition) is 3. The number of nitrogens with zero attached hydrogens (tertiary/aromatic N) is 1. The first-order chi connectivity index (χ1) is 9.22. The van der Waals surface area contributed by atoms with E-state index in [4.69, 9.17) is 5.11 Å². The molecule has 1 atom stereocenters. The molecule has 4 heteroatoms. The summed E-state index contributed by atoms with van der Waals surface area (Å²) in [5.74, 6) is 6.74. The molecule has 1 aromatic rings. The Morgan fingerprint density at radius 3 is 3.05 bits per heavy atom. The molecule has 2 heterocycles. The molecule has 1 aliphatic rings. The monoisotopic (exact) mass is 277 g/mol. The van der Waals surface area contributed by atoms with Crippen LogP contribution in [0.1, 0.15) is 35.9 Å². The van der Waals surface area contributed by atoms with Crippen molar-refractivity contribution < 1.29 is 9.90 Å². The minimum Gasteiger partial charge on any atom is -0.395 e. The zero-order valence-electron chi connectivity index (χ0n) is 11.2. The molecule has 19 heavy (non-hydrogen) atoms. The first-order valence-corrected chi connectivity index (χ1v) is 7.50. The standard InChI is InChI=1S/C15H19NO2S/c1-2-12-9-15(18)16(10-12)11-14-7-6-13(19-14)5-3-4-8-17/h6-7,12,17H,2,4,8-11H2,1H3. The molecule has 2 rings (SSSR count). The van der Waals surface area contributed by atoms with E-state index in [0.717, 1.165) is 17.8 Å². The summed E-state index contributed by atoms with van der Waals surface area (Å²) in [4.78, 5) is 16.0. The number of rotatable bonds is 4. The lowest BCUT2D eigenvalue weighted by Gasteiger charge is -2.14. The van der Waals surface area contributed by atoms with Crippen molar-refractivity contribution >= 4 is 17.2 Å². The van der Waals surface area contributed by atoms with E-state index >= 15 is 0 Å². The Hall–Kier alpha value is -1.31. The third-order valence-corrected chi connectivity index (χ3v) is 4.31. The van der Waals surface area contributed by atoms with Gasteiger partial charge in [0.1, 0.15) is 0 Å². The number of aliphatic hydroxyl groups is 1. The molecule has 0 bridgehead atoms. The summed E-state index contributed by atoms with van der Waals surface area (Å²) >= 11 is 1.63. The molecule has 3 nitrogen and oxygen atoms in total. The van der Waals surface area contributed by atoms with Gasteiger partial charge in [0.05, 0.1) is 18.0 Å². The fraction of sp³-hybridized carbons (Fsp3) is 0.533. The van der Waals surface area contributed by atoms with Crippen LogP contribution in [-0.2, 0) is 11.3 Å². The van der Waals surface area contributed by atoms with E-state index in [1.165, 1.54) is 4.88 Å². The highest BCUT2D eigenvalue weighted by Gasteiger charge is 2.28. The van der Waals surface area contributed by atoms with E-state index in [2.05, 4.69) is 18.8 Å². The van der Waals surface area contributed by atoms with Crippen molar-refractivity contribution in [2.45, 2.75) is 32.7 Å². The maximum atomic E-state index is 11.8. The summed E-state index contributed by atoms with van der Waals surface area (Å²) < 4.78 is 0. The molecule has 1 unspecified atom stereocenters. The van der Waals surface area contributed by atoms with E-state index in [1.807, 2.05) is 17.0 Å². The quantitative estimate of drug-likeness (QED) is 0.858. The van der Waals surface area contributed by atoms with Gasteiger partial charge in [0, 0.05) is 24.3 Å². The van der Waals surface area contributed by atoms with Crippen molar-refractivity contribution in [1.82, 2.24) is 4.90 Å². The van der Waals surface area contributed by atoms with Gasteiger partial charge in [-0.3, -0.25) is 4.79 Å². The SMILES string of the molecule is CCC1CC(=O)N(Cc2ccc(C#CCCO)s2)C1. The zero-order chi connectivity index (χ0) is 13.7. The second kappa shape index (κ2) is 6.74. The summed E-state index contributed by atoms with van der Waals surface area (Å²) in [7, 11) is 0. The lowest BCUT2D eigenvalue weighted by atomic mass is 10.1. The van der Waals surface area contributed by atoms with Crippen LogP contribution in [0, 0.1) is 17.8 Å². The molecule has 1 N–H and O–H groups in total. The first kappa shape index (κ1) is 14.1. The third kappa shape index (κ3) is 3.82. The number of likely N-dealkylation sites (tertiary alicyclic amines) is 1. The number of carbonyl (C=O) groups excluding carboxylic acids is 1. The Labute approximate surface area is 118 Å². The highest BCUT2D eigenvalue weighted by molar-refractivity contribution is 7.12. The average molecular weight is 277 g/mol. The van der Waals surface area contributed by atoms with E-state index in [1.54, 1.807) is 11.3 Å². The fourth-order valence-corrected chi connectivity index (χ4v) is 3.10. The molecule has 1 aliphatic heterocycles. The molecular formula is C15H19NO2S. The van der Waals surface area contributed by atoms with Crippen LogP contribution in [0.4, 0.5) is 0 Å².